The minimum atomic E-state index is -0.945. The third kappa shape index (κ3) is 4.17. The van der Waals surface area contributed by atoms with Crippen LogP contribution in [0.5, 0.6) is 0 Å². The molecule has 39 heavy (non-hydrogen) atoms. The molecule has 1 spiro atoms. The number of cyclic esters (lactones) is 1. The topological polar surface area (TPSA) is 118 Å². The fourth-order valence-corrected chi connectivity index (χ4v) is 8.79. The van der Waals surface area contributed by atoms with Gasteiger partial charge in [0.05, 0.1) is 28.7 Å². The summed E-state index contributed by atoms with van der Waals surface area (Å²) in [4.78, 5) is 45.4. The second-order valence-electron chi connectivity index (χ2n) is 10.9. The number of carbonyl (C=O) groups excluding carboxylic acids is 3. The Balaban J connectivity index is 1.42. The van der Waals surface area contributed by atoms with Crippen molar-refractivity contribution >= 4 is 40.6 Å². The highest BCUT2D eigenvalue weighted by molar-refractivity contribution is 8.02. The molecular weight excluding hydrogens is 518 g/mol. The Morgan fingerprint density at radius 1 is 1.10 bits per heavy atom. The molecule has 5 heterocycles. The normalized spacial score (nSPS) is 33.5. The summed E-state index contributed by atoms with van der Waals surface area (Å²) >= 11 is 1.53. The number of esters is 1. The molecule has 5 atom stereocenters. The summed E-state index contributed by atoms with van der Waals surface area (Å²) in [6, 6.07) is 6.74. The molecular formula is C28H33N5O5S. The summed E-state index contributed by atoms with van der Waals surface area (Å²) in [6.07, 6.45) is 11.0. The molecule has 1 aromatic heterocycles. The molecule has 2 amide bonds. The van der Waals surface area contributed by atoms with E-state index in [1.165, 1.54) is 11.8 Å². The summed E-state index contributed by atoms with van der Waals surface area (Å²) in [6.45, 7) is 2.95. The van der Waals surface area contributed by atoms with Gasteiger partial charge >= 0.3 is 5.97 Å². The number of aromatic nitrogens is 3. The van der Waals surface area contributed by atoms with E-state index in [0.717, 1.165) is 30.3 Å². The maximum Gasteiger partial charge on any atom is 0.311 e. The van der Waals surface area contributed by atoms with Crippen molar-refractivity contribution in [1.29, 1.82) is 0 Å². The molecule has 1 N–H and O–H groups in total. The minimum Gasteiger partial charge on any atom is -0.465 e. The summed E-state index contributed by atoms with van der Waals surface area (Å²) in [5.41, 5.74) is 1.55. The van der Waals surface area contributed by atoms with Gasteiger partial charge < -0.3 is 19.6 Å². The Kier molecular flexibility index (Phi) is 6.74. The van der Waals surface area contributed by atoms with Crippen molar-refractivity contribution in [2.45, 2.75) is 54.8 Å². The number of para-hydroxylation sites is 1. The largest absolute Gasteiger partial charge is 0.465 e. The van der Waals surface area contributed by atoms with Gasteiger partial charge in [-0.2, -0.15) is 0 Å². The second kappa shape index (κ2) is 10.1. The number of benzene rings is 1. The van der Waals surface area contributed by atoms with Crippen molar-refractivity contribution in [3.63, 3.8) is 0 Å². The van der Waals surface area contributed by atoms with E-state index in [1.807, 2.05) is 49.4 Å². The van der Waals surface area contributed by atoms with Crippen LogP contribution in [0.2, 0.25) is 0 Å². The quantitative estimate of drug-likeness (QED) is 0.444. The van der Waals surface area contributed by atoms with Crippen LogP contribution >= 0.6 is 11.8 Å². The SMILES string of the molecule is C[C@]12/C=C\CCCCOC(=O)[C@H]1[C@H]1C(=O)N(CCCO)C3C(=O)N(Cn4nnc5ccccc54)CC=C[C@@]31S2. The van der Waals surface area contributed by atoms with Crippen molar-refractivity contribution in [2.24, 2.45) is 11.8 Å². The first-order valence-electron chi connectivity index (χ1n) is 13.6. The van der Waals surface area contributed by atoms with E-state index in [2.05, 4.69) is 16.4 Å². The van der Waals surface area contributed by atoms with Crippen molar-refractivity contribution in [3.05, 3.63) is 48.6 Å². The zero-order valence-corrected chi connectivity index (χ0v) is 22.8. The number of hydrogen-bond donors (Lipinski definition) is 1. The number of ether oxygens (including phenoxy) is 1. The van der Waals surface area contributed by atoms with Gasteiger partial charge in [0.2, 0.25) is 11.8 Å². The predicted molar refractivity (Wildman–Crippen MR) is 145 cm³/mol. The summed E-state index contributed by atoms with van der Waals surface area (Å²) in [7, 11) is 0. The maximum atomic E-state index is 14.4. The smallest absolute Gasteiger partial charge is 0.311 e. The highest BCUT2D eigenvalue weighted by atomic mass is 32.2. The Bertz CT molecular complexity index is 1360. The van der Waals surface area contributed by atoms with Gasteiger partial charge in [0.15, 0.2) is 0 Å². The predicted octanol–water partition coefficient (Wildman–Crippen LogP) is 2.14. The first-order valence-corrected chi connectivity index (χ1v) is 14.4. The zero-order chi connectivity index (χ0) is 27.2. The van der Waals surface area contributed by atoms with Crippen molar-refractivity contribution in [3.8, 4) is 0 Å². The van der Waals surface area contributed by atoms with Crippen LogP contribution in [0.3, 0.4) is 0 Å². The fourth-order valence-electron chi connectivity index (χ4n) is 6.64. The number of thioether (sulfide) groups is 1. The van der Waals surface area contributed by atoms with E-state index in [0.29, 0.717) is 19.6 Å². The highest BCUT2D eigenvalue weighted by Crippen LogP contribution is 2.65. The lowest BCUT2D eigenvalue weighted by atomic mass is 9.74. The van der Waals surface area contributed by atoms with Crippen LogP contribution in [0.1, 0.15) is 32.6 Å². The van der Waals surface area contributed by atoms with Crippen molar-refractivity contribution in [2.75, 3.05) is 26.3 Å². The number of aliphatic hydroxyl groups is 1. The molecule has 6 rings (SSSR count). The lowest BCUT2D eigenvalue weighted by Gasteiger charge is -2.36. The average molecular weight is 552 g/mol. The molecule has 2 fully saturated rings. The van der Waals surface area contributed by atoms with Crippen LogP contribution in [0.4, 0.5) is 0 Å². The van der Waals surface area contributed by atoms with E-state index in [9.17, 15) is 19.5 Å². The number of allylic oxidation sites excluding steroid dienone is 1. The number of likely N-dealkylation sites (tertiary alicyclic amines) is 1. The van der Waals surface area contributed by atoms with Gasteiger partial charge in [0, 0.05) is 24.4 Å². The number of amides is 2. The maximum absolute atomic E-state index is 14.4. The molecule has 206 valence electrons. The summed E-state index contributed by atoms with van der Waals surface area (Å²) in [5, 5.41) is 18.1. The summed E-state index contributed by atoms with van der Waals surface area (Å²) < 4.78 is 5.74. The van der Waals surface area contributed by atoms with Crippen LogP contribution in [-0.4, -0.2) is 89.5 Å². The fraction of sp³-hybridized carbons (Fsp3) is 0.536. The van der Waals surface area contributed by atoms with Gasteiger partial charge in [0.1, 0.15) is 18.2 Å². The number of carbonyl (C=O) groups is 3. The average Bonchev–Trinajstić information content (AvgIpc) is 3.48. The number of fused-ring (bicyclic) bond motifs is 3. The molecule has 2 aromatic rings. The molecule has 1 unspecified atom stereocenters. The molecule has 0 radical (unpaired) electrons. The van der Waals surface area contributed by atoms with Gasteiger partial charge in [0.25, 0.3) is 0 Å². The molecule has 1 aromatic carbocycles. The lowest BCUT2D eigenvalue weighted by molar-refractivity contribution is -0.154. The van der Waals surface area contributed by atoms with Gasteiger partial charge in [-0.1, -0.05) is 41.7 Å². The minimum absolute atomic E-state index is 0.105. The molecule has 0 aliphatic carbocycles. The van der Waals surface area contributed by atoms with Crippen LogP contribution in [0, 0.1) is 11.8 Å². The van der Waals surface area contributed by atoms with E-state index in [4.69, 9.17) is 4.74 Å². The van der Waals surface area contributed by atoms with E-state index < -0.39 is 27.4 Å². The number of rotatable bonds is 5. The highest BCUT2D eigenvalue weighted by Gasteiger charge is 2.73. The second-order valence-corrected chi connectivity index (χ2v) is 12.6. The molecule has 10 nitrogen and oxygen atoms in total. The third-order valence-corrected chi connectivity index (χ3v) is 10.2. The van der Waals surface area contributed by atoms with Crippen LogP contribution < -0.4 is 0 Å². The molecule has 0 saturated carbocycles. The summed E-state index contributed by atoms with van der Waals surface area (Å²) in [5.74, 6) is -2.30. The van der Waals surface area contributed by atoms with Gasteiger partial charge in [-0.3, -0.25) is 14.4 Å². The Morgan fingerprint density at radius 2 is 1.95 bits per heavy atom. The Hall–Kier alpha value is -3.18. The van der Waals surface area contributed by atoms with E-state index in [-0.39, 0.29) is 37.6 Å². The first kappa shape index (κ1) is 26.1. The lowest BCUT2D eigenvalue weighted by Crippen LogP contribution is -2.53. The van der Waals surface area contributed by atoms with E-state index in [1.54, 1.807) is 14.5 Å². The zero-order valence-electron chi connectivity index (χ0n) is 21.9. The number of nitrogens with zero attached hydrogens (tertiary/aromatic N) is 5. The van der Waals surface area contributed by atoms with E-state index >= 15 is 0 Å². The molecule has 2 saturated heterocycles. The number of hydrogen-bond acceptors (Lipinski definition) is 8. The van der Waals surface area contributed by atoms with Gasteiger partial charge in [-0.15, -0.1) is 16.9 Å². The standard InChI is InChI=1S/C28H33N5O5S/c1-27-12-6-2-3-7-17-38-26(37)22(27)21-24(35)32(15-9-16-34)23-25(36)31(14-8-13-28(21,23)39-27)18-33-20-11-5-4-10-19(20)29-30-33/h4-6,8,10-13,21-23,34H,2-3,7,9,14-18H2,1H3/b12-6-/t21-,22+,23?,27-,28-/m0/s1. The number of aliphatic hydroxyl groups excluding tert-OH is 1. The third-order valence-electron chi connectivity index (χ3n) is 8.37. The van der Waals surface area contributed by atoms with Crippen LogP contribution in [0.25, 0.3) is 11.0 Å². The van der Waals surface area contributed by atoms with Crippen molar-refractivity contribution in [1.82, 2.24) is 24.8 Å². The van der Waals surface area contributed by atoms with Gasteiger partial charge in [-0.05, 0) is 44.7 Å². The van der Waals surface area contributed by atoms with Gasteiger partial charge in [-0.25, -0.2) is 4.68 Å². The monoisotopic (exact) mass is 551 g/mol. The van der Waals surface area contributed by atoms with Crippen molar-refractivity contribution < 1.29 is 24.2 Å². The Labute approximate surface area is 231 Å². The molecule has 4 aliphatic rings. The first-order chi connectivity index (χ1) is 18.9. The molecule has 0 bridgehead atoms. The Morgan fingerprint density at radius 3 is 2.79 bits per heavy atom. The molecule has 11 heteroatoms. The molecule has 4 aliphatic heterocycles. The van der Waals surface area contributed by atoms with Crippen LogP contribution in [-0.2, 0) is 25.8 Å². The van der Waals surface area contributed by atoms with Crippen LogP contribution in [0.15, 0.2) is 48.6 Å².